The van der Waals surface area contributed by atoms with Gasteiger partial charge in [0.25, 0.3) is 11.6 Å². The van der Waals surface area contributed by atoms with E-state index in [4.69, 9.17) is 0 Å². The number of rotatable bonds is 5. The van der Waals surface area contributed by atoms with Crippen molar-refractivity contribution in [1.29, 1.82) is 0 Å². The molecule has 1 aromatic rings. The molecule has 1 aliphatic heterocycles. The number of nitrogens with one attached hydrogen (secondary N) is 1. The van der Waals surface area contributed by atoms with Crippen LogP contribution in [-0.4, -0.2) is 41.5 Å². The largest absolute Gasteiger partial charge is 0.321 e. The van der Waals surface area contributed by atoms with Gasteiger partial charge in [-0.1, -0.05) is 0 Å². The Labute approximate surface area is 130 Å². The molecule has 0 spiro atoms. The van der Waals surface area contributed by atoms with Crippen molar-refractivity contribution in [2.75, 3.05) is 31.5 Å². The van der Waals surface area contributed by atoms with Crippen molar-refractivity contribution in [2.24, 2.45) is 0 Å². The van der Waals surface area contributed by atoms with Crippen molar-refractivity contribution in [1.82, 2.24) is 0 Å². The number of anilines is 1. The van der Waals surface area contributed by atoms with Crippen LogP contribution in [0.3, 0.4) is 0 Å². The summed E-state index contributed by atoms with van der Waals surface area (Å²) in [4.78, 5) is 22.7. The predicted molar refractivity (Wildman–Crippen MR) is 85.7 cm³/mol. The van der Waals surface area contributed by atoms with Gasteiger partial charge in [0.2, 0.25) is 0 Å². The van der Waals surface area contributed by atoms with E-state index in [1.165, 1.54) is 31.4 Å². The quantitative estimate of drug-likeness (QED) is 0.516. The summed E-state index contributed by atoms with van der Waals surface area (Å²) in [5, 5.41) is 13.7. The van der Waals surface area contributed by atoms with Crippen molar-refractivity contribution in [3.05, 3.63) is 33.9 Å². The van der Waals surface area contributed by atoms with Crippen LogP contribution in [0.1, 0.15) is 31.7 Å². The van der Waals surface area contributed by atoms with Crippen LogP contribution in [0.15, 0.2) is 18.2 Å². The summed E-state index contributed by atoms with van der Waals surface area (Å²) in [5.41, 5.74) is 1.41. The molecule has 0 radical (unpaired) electrons. The van der Waals surface area contributed by atoms with Gasteiger partial charge in [-0.25, -0.2) is 0 Å². The highest BCUT2D eigenvalue weighted by atomic mass is 16.6. The maximum Gasteiger partial charge on any atom is 0.279 e. The molecule has 1 amide bonds. The molecule has 6 heteroatoms. The number of non-ortho nitro benzene ring substituents is 1. The van der Waals surface area contributed by atoms with Crippen LogP contribution in [0.4, 0.5) is 11.4 Å². The lowest BCUT2D eigenvalue weighted by Gasteiger charge is -2.40. The van der Waals surface area contributed by atoms with Gasteiger partial charge in [0.15, 0.2) is 6.54 Å². The summed E-state index contributed by atoms with van der Waals surface area (Å²) in [7, 11) is 0. The fourth-order valence-corrected chi connectivity index (χ4v) is 3.17. The first-order valence-electron chi connectivity index (χ1n) is 7.86. The van der Waals surface area contributed by atoms with Crippen LogP contribution in [0.5, 0.6) is 0 Å². The number of piperidine rings is 1. The number of benzene rings is 1. The molecule has 1 fully saturated rings. The minimum atomic E-state index is -0.427. The van der Waals surface area contributed by atoms with Crippen molar-refractivity contribution in [2.45, 2.75) is 33.1 Å². The summed E-state index contributed by atoms with van der Waals surface area (Å²) >= 11 is 0. The maximum absolute atomic E-state index is 12.4. The highest BCUT2D eigenvalue weighted by molar-refractivity contribution is 5.92. The Balaban J connectivity index is 2.04. The smallest absolute Gasteiger partial charge is 0.279 e. The summed E-state index contributed by atoms with van der Waals surface area (Å²) in [6.45, 7) is 7.47. The second-order valence-corrected chi connectivity index (χ2v) is 6.13. The lowest BCUT2D eigenvalue weighted by Crippen LogP contribution is -2.55. The molecule has 0 unspecified atom stereocenters. The number of likely N-dealkylation sites (N-methyl/N-ethyl adjacent to an activating group) is 1. The van der Waals surface area contributed by atoms with Gasteiger partial charge in [-0.15, -0.1) is 0 Å². The highest BCUT2D eigenvalue weighted by Gasteiger charge is 2.30. The number of likely N-dealkylation sites (tertiary alicyclic amines) is 1. The van der Waals surface area contributed by atoms with Gasteiger partial charge in [-0.2, -0.15) is 0 Å². The van der Waals surface area contributed by atoms with Crippen molar-refractivity contribution >= 4 is 17.3 Å². The number of quaternary nitrogens is 1. The summed E-state index contributed by atoms with van der Waals surface area (Å²) in [6.07, 6.45) is 3.61. The van der Waals surface area contributed by atoms with E-state index in [9.17, 15) is 14.9 Å². The van der Waals surface area contributed by atoms with E-state index in [-0.39, 0.29) is 11.6 Å². The minimum Gasteiger partial charge on any atom is -0.321 e. The number of aryl methyl sites for hydroxylation is 1. The van der Waals surface area contributed by atoms with Gasteiger partial charge in [0, 0.05) is 17.8 Å². The van der Waals surface area contributed by atoms with E-state index in [1.807, 2.05) is 0 Å². The van der Waals surface area contributed by atoms with Crippen LogP contribution in [0.25, 0.3) is 0 Å². The zero-order chi connectivity index (χ0) is 16.2. The van der Waals surface area contributed by atoms with Gasteiger partial charge in [-0.3, -0.25) is 14.9 Å². The van der Waals surface area contributed by atoms with Crippen molar-refractivity contribution in [3.8, 4) is 0 Å². The molecule has 0 bridgehead atoms. The fraction of sp³-hybridized carbons (Fsp3) is 0.562. The van der Waals surface area contributed by atoms with E-state index in [2.05, 4.69) is 12.2 Å². The van der Waals surface area contributed by atoms with Gasteiger partial charge in [0.1, 0.15) is 0 Å². The van der Waals surface area contributed by atoms with E-state index in [1.54, 1.807) is 13.0 Å². The van der Waals surface area contributed by atoms with Gasteiger partial charge in [-0.05, 0) is 44.7 Å². The molecule has 0 saturated carbocycles. The van der Waals surface area contributed by atoms with Crippen LogP contribution >= 0.6 is 0 Å². The Hall–Kier alpha value is -1.95. The normalized spacial score (nSPS) is 17.0. The third kappa shape index (κ3) is 3.82. The number of nitrogens with zero attached hydrogens (tertiary/aromatic N) is 2. The van der Waals surface area contributed by atoms with E-state index >= 15 is 0 Å². The minimum absolute atomic E-state index is 0.0132. The molecule has 22 heavy (non-hydrogen) atoms. The standard InChI is InChI=1S/C16H23N3O3/c1-3-19(9-5-4-6-10-19)12-16(20)17-15-8-7-14(18(21)22)11-13(15)2/h7-8,11H,3-6,9-10,12H2,1-2H3/p+1. The monoisotopic (exact) mass is 306 g/mol. The second-order valence-electron chi connectivity index (χ2n) is 6.13. The number of nitro groups is 1. The molecule has 120 valence electrons. The summed E-state index contributed by atoms with van der Waals surface area (Å²) < 4.78 is 0.845. The average Bonchev–Trinajstić information content (AvgIpc) is 2.50. The molecule has 0 atom stereocenters. The molecule has 0 aliphatic carbocycles. The number of hydrogen-bond donors (Lipinski definition) is 1. The summed E-state index contributed by atoms with van der Waals surface area (Å²) in [5.74, 6) is -0.0132. The van der Waals surface area contributed by atoms with Crippen molar-refractivity contribution < 1.29 is 14.2 Å². The van der Waals surface area contributed by atoms with Crippen LogP contribution in [0.2, 0.25) is 0 Å². The molecule has 1 N–H and O–H groups in total. The molecule has 1 saturated heterocycles. The predicted octanol–water partition coefficient (Wildman–Crippen LogP) is 2.86. The van der Waals surface area contributed by atoms with Gasteiger partial charge >= 0.3 is 0 Å². The molecular formula is C16H24N3O3+. The first-order valence-corrected chi connectivity index (χ1v) is 7.86. The topological polar surface area (TPSA) is 72.2 Å². The van der Waals surface area contributed by atoms with Gasteiger partial charge < -0.3 is 9.80 Å². The Morgan fingerprint density at radius 3 is 2.55 bits per heavy atom. The molecule has 1 heterocycles. The van der Waals surface area contributed by atoms with Gasteiger partial charge in [0.05, 0.1) is 24.6 Å². The molecule has 0 aromatic heterocycles. The molecule has 2 rings (SSSR count). The molecule has 1 aromatic carbocycles. The molecule has 6 nitrogen and oxygen atoms in total. The Bertz CT molecular complexity index is 566. The van der Waals surface area contributed by atoms with E-state index in [0.29, 0.717) is 17.8 Å². The lowest BCUT2D eigenvalue weighted by molar-refractivity contribution is -0.923. The zero-order valence-electron chi connectivity index (χ0n) is 13.3. The van der Waals surface area contributed by atoms with Crippen molar-refractivity contribution in [3.63, 3.8) is 0 Å². The van der Waals surface area contributed by atoms with E-state index < -0.39 is 4.92 Å². The molecule has 1 aliphatic rings. The molecular weight excluding hydrogens is 282 g/mol. The maximum atomic E-state index is 12.4. The van der Waals surface area contributed by atoms with Crippen LogP contribution in [0, 0.1) is 17.0 Å². The SMILES string of the molecule is CC[N+]1(CC(=O)Nc2ccc([N+](=O)[O-])cc2C)CCCCC1. The first-order chi connectivity index (χ1) is 10.5. The number of nitro benzene ring substituents is 1. The first kappa shape index (κ1) is 16.4. The lowest BCUT2D eigenvalue weighted by atomic mass is 10.1. The Kier molecular flexibility index (Phi) is 5.13. The number of hydrogen-bond acceptors (Lipinski definition) is 3. The fourth-order valence-electron chi connectivity index (χ4n) is 3.17. The Morgan fingerprint density at radius 2 is 2.00 bits per heavy atom. The average molecular weight is 306 g/mol. The Morgan fingerprint density at radius 1 is 1.32 bits per heavy atom. The van der Waals surface area contributed by atoms with E-state index in [0.717, 1.165) is 24.1 Å². The second kappa shape index (κ2) is 6.87. The number of carbonyl (C=O) groups is 1. The van der Waals surface area contributed by atoms with Crippen LogP contribution < -0.4 is 5.32 Å². The third-order valence-corrected chi connectivity index (χ3v) is 4.61. The third-order valence-electron chi connectivity index (χ3n) is 4.61. The van der Waals surface area contributed by atoms with Crippen LogP contribution in [-0.2, 0) is 4.79 Å². The summed E-state index contributed by atoms with van der Waals surface area (Å²) in [6, 6.07) is 4.52. The zero-order valence-corrected chi connectivity index (χ0v) is 13.3. The number of amides is 1. The number of carbonyl (C=O) groups excluding carboxylic acids is 1. The highest BCUT2D eigenvalue weighted by Crippen LogP contribution is 2.22.